The van der Waals surface area contributed by atoms with Gasteiger partial charge in [-0.1, -0.05) is 38.5 Å². The topological polar surface area (TPSA) is 0 Å². The lowest BCUT2D eigenvalue weighted by Crippen LogP contribution is -2.50. The summed E-state index contributed by atoms with van der Waals surface area (Å²) in [5.41, 5.74) is 0. The Morgan fingerprint density at radius 3 is 2.06 bits per heavy atom. The van der Waals surface area contributed by atoms with Gasteiger partial charge in [0.15, 0.2) is 0 Å². The molecule has 4 saturated carbocycles. The molecule has 0 N–H and O–H groups in total. The summed E-state index contributed by atoms with van der Waals surface area (Å²) in [5.74, 6) is 7.13. The van der Waals surface area contributed by atoms with E-state index in [0.29, 0.717) is 0 Å². The zero-order chi connectivity index (χ0) is 10.5. The molecule has 0 aromatic carbocycles. The Balaban J connectivity index is 1.40. The summed E-state index contributed by atoms with van der Waals surface area (Å²) in [6.07, 6.45) is 15.9. The van der Waals surface area contributed by atoms with Gasteiger partial charge in [0.2, 0.25) is 0 Å². The second kappa shape index (κ2) is 3.75. The van der Waals surface area contributed by atoms with Gasteiger partial charge in [0.1, 0.15) is 0 Å². The van der Waals surface area contributed by atoms with Gasteiger partial charge in [-0.3, -0.25) is 0 Å². The highest BCUT2D eigenvalue weighted by molar-refractivity contribution is 5.01. The number of fused-ring (bicyclic) bond motifs is 1. The zero-order valence-corrected chi connectivity index (χ0v) is 10.5. The Morgan fingerprint density at radius 2 is 1.69 bits per heavy atom. The summed E-state index contributed by atoms with van der Waals surface area (Å²) in [4.78, 5) is 0. The molecule has 0 heterocycles. The molecular formula is C16H26. The van der Waals surface area contributed by atoms with Crippen molar-refractivity contribution in [3.8, 4) is 0 Å². The van der Waals surface area contributed by atoms with Crippen LogP contribution >= 0.6 is 0 Å². The van der Waals surface area contributed by atoms with E-state index < -0.39 is 0 Å². The predicted octanol–water partition coefficient (Wildman–Crippen LogP) is 4.64. The van der Waals surface area contributed by atoms with Crippen molar-refractivity contribution in [2.24, 2.45) is 35.5 Å². The third-order valence-corrected chi connectivity index (χ3v) is 6.74. The molecule has 4 rings (SSSR count). The molecule has 4 atom stereocenters. The average Bonchev–Trinajstić information content (AvgIpc) is 2.11. The van der Waals surface area contributed by atoms with Crippen molar-refractivity contribution in [3.63, 3.8) is 0 Å². The van der Waals surface area contributed by atoms with Crippen molar-refractivity contribution in [1.29, 1.82) is 0 Å². The molecule has 0 aliphatic heterocycles. The number of hydrogen-bond donors (Lipinski definition) is 0. The summed E-state index contributed by atoms with van der Waals surface area (Å²) in [7, 11) is 0. The van der Waals surface area contributed by atoms with Gasteiger partial charge in [0.25, 0.3) is 0 Å². The van der Waals surface area contributed by atoms with E-state index >= 15 is 0 Å². The molecule has 4 fully saturated rings. The van der Waals surface area contributed by atoms with Crippen molar-refractivity contribution in [1.82, 2.24) is 0 Å². The summed E-state index contributed by atoms with van der Waals surface area (Å²) in [5, 5.41) is 0. The largest absolute Gasteiger partial charge is 0.0528 e. The quantitative estimate of drug-likeness (QED) is 0.645. The molecule has 0 aromatic heterocycles. The van der Waals surface area contributed by atoms with Crippen LogP contribution in [0, 0.1) is 35.5 Å². The van der Waals surface area contributed by atoms with Crippen LogP contribution in [0.15, 0.2) is 0 Å². The fourth-order valence-corrected chi connectivity index (χ4v) is 4.97. The molecule has 4 unspecified atom stereocenters. The number of rotatable bonds is 4. The van der Waals surface area contributed by atoms with Crippen LogP contribution in [0.5, 0.6) is 0 Å². The second-order valence-electron chi connectivity index (χ2n) is 7.29. The Labute approximate surface area is 100 Å². The Kier molecular flexibility index (Phi) is 2.34. The van der Waals surface area contributed by atoms with Crippen molar-refractivity contribution < 1.29 is 0 Å². The molecule has 0 nitrogen and oxygen atoms in total. The lowest BCUT2D eigenvalue weighted by molar-refractivity contribution is -0.0906. The van der Waals surface area contributed by atoms with E-state index in [1.807, 2.05) is 0 Å². The van der Waals surface area contributed by atoms with Crippen LogP contribution in [0.25, 0.3) is 0 Å². The third kappa shape index (κ3) is 1.41. The van der Waals surface area contributed by atoms with E-state index in [0.717, 1.165) is 5.92 Å². The van der Waals surface area contributed by atoms with Gasteiger partial charge in [0, 0.05) is 0 Å². The zero-order valence-electron chi connectivity index (χ0n) is 10.5. The maximum Gasteiger partial charge on any atom is -0.0349 e. The van der Waals surface area contributed by atoms with Gasteiger partial charge in [-0.2, -0.15) is 0 Å². The Bertz CT molecular complexity index is 261. The van der Waals surface area contributed by atoms with E-state index in [1.54, 1.807) is 64.2 Å². The summed E-state index contributed by atoms with van der Waals surface area (Å²) >= 11 is 0. The molecule has 0 saturated heterocycles. The normalized spacial score (nSPS) is 44.6. The maximum absolute atomic E-state index is 1.64. The highest BCUT2D eigenvalue weighted by Gasteiger charge is 2.52. The summed E-state index contributed by atoms with van der Waals surface area (Å²) < 4.78 is 0. The van der Waals surface area contributed by atoms with Crippen molar-refractivity contribution in [2.75, 3.05) is 0 Å². The maximum atomic E-state index is 1.64. The van der Waals surface area contributed by atoms with Gasteiger partial charge < -0.3 is 0 Å². The van der Waals surface area contributed by atoms with Gasteiger partial charge in [-0.25, -0.2) is 0 Å². The SMILES string of the molecule is C1CC(CC(C2CCC2)C2CC3CCC32)C1. The molecule has 90 valence electrons. The highest BCUT2D eigenvalue weighted by atomic mass is 14.6. The van der Waals surface area contributed by atoms with Crippen LogP contribution in [0.4, 0.5) is 0 Å². The molecule has 0 spiro atoms. The van der Waals surface area contributed by atoms with Crippen molar-refractivity contribution in [3.05, 3.63) is 0 Å². The fraction of sp³-hybridized carbons (Fsp3) is 1.00. The minimum absolute atomic E-state index is 1.16. The lowest BCUT2D eigenvalue weighted by Gasteiger charge is -2.59. The van der Waals surface area contributed by atoms with E-state index in [2.05, 4.69) is 0 Å². The third-order valence-electron chi connectivity index (χ3n) is 6.74. The van der Waals surface area contributed by atoms with Crippen molar-refractivity contribution >= 4 is 0 Å². The van der Waals surface area contributed by atoms with Gasteiger partial charge in [-0.05, 0) is 61.2 Å². The smallest absolute Gasteiger partial charge is 0.0349 e. The molecule has 0 heteroatoms. The molecule has 16 heavy (non-hydrogen) atoms. The van der Waals surface area contributed by atoms with Crippen LogP contribution in [-0.4, -0.2) is 0 Å². The standard InChI is InChI=1S/C16H26/c1-3-11(4-1)9-15(12-5-2-6-12)16-10-13-7-8-14(13)16/h11-16H,1-10H2. The molecule has 0 aromatic rings. The highest BCUT2D eigenvalue weighted by Crippen LogP contribution is 2.61. The molecule has 4 aliphatic rings. The minimum atomic E-state index is 1.16. The van der Waals surface area contributed by atoms with E-state index in [4.69, 9.17) is 0 Å². The predicted molar refractivity (Wildman–Crippen MR) is 67.1 cm³/mol. The first-order valence-electron chi connectivity index (χ1n) is 7.92. The summed E-state index contributed by atoms with van der Waals surface area (Å²) in [6, 6.07) is 0. The molecule has 0 radical (unpaired) electrons. The van der Waals surface area contributed by atoms with Crippen LogP contribution in [0.2, 0.25) is 0 Å². The van der Waals surface area contributed by atoms with Crippen LogP contribution < -0.4 is 0 Å². The first kappa shape index (κ1) is 9.97. The average molecular weight is 218 g/mol. The first-order valence-corrected chi connectivity index (χ1v) is 7.92. The molecule has 0 bridgehead atoms. The second-order valence-corrected chi connectivity index (χ2v) is 7.29. The molecule has 4 aliphatic carbocycles. The van der Waals surface area contributed by atoms with Crippen LogP contribution in [0.1, 0.15) is 64.2 Å². The van der Waals surface area contributed by atoms with E-state index in [1.165, 1.54) is 29.6 Å². The van der Waals surface area contributed by atoms with Crippen molar-refractivity contribution in [2.45, 2.75) is 64.2 Å². The summed E-state index contributed by atoms with van der Waals surface area (Å²) in [6.45, 7) is 0. The Morgan fingerprint density at radius 1 is 0.875 bits per heavy atom. The van der Waals surface area contributed by atoms with Gasteiger partial charge in [0.05, 0.1) is 0 Å². The van der Waals surface area contributed by atoms with Crippen LogP contribution in [-0.2, 0) is 0 Å². The first-order chi connectivity index (χ1) is 7.92. The monoisotopic (exact) mass is 218 g/mol. The number of hydrogen-bond acceptors (Lipinski definition) is 0. The minimum Gasteiger partial charge on any atom is -0.0528 e. The van der Waals surface area contributed by atoms with Crippen LogP contribution in [0.3, 0.4) is 0 Å². The van der Waals surface area contributed by atoms with Gasteiger partial charge >= 0.3 is 0 Å². The molecular weight excluding hydrogens is 192 g/mol. The lowest BCUT2D eigenvalue weighted by atomic mass is 9.47. The fourth-order valence-electron chi connectivity index (χ4n) is 4.97. The van der Waals surface area contributed by atoms with E-state index in [-0.39, 0.29) is 0 Å². The Hall–Kier alpha value is 0. The molecule has 0 amide bonds. The van der Waals surface area contributed by atoms with Gasteiger partial charge in [-0.15, -0.1) is 0 Å². The van der Waals surface area contributed by atoms with E-state index in [9.17, 15) is 0 Å².